The Morgan fingerprint density at radius 3 is 2.38 bits per heavy atom. The van der Waals surface area contributed by atoms with Crippen LogP contribution in [-0.4, -0.2) is 17.1 Å². The zero-order chi connectivity index (χ0) is 18.5. The van der Waals surface area contributed by atoms with E-state index in [-0.39, 0.29) is 11.3 Å². The van der Waals surface area contributed by atoms with Gasteiger partial charge in [0.05, 0.1) is 7.11 Å². The summed E-state index contributed by atoms with van der Waals surface area (Å²) in [6.07, 6.45) is 0. The van der Waals surface area contributed by atoms with Gasteiger partial charge in [0.2, 0.25) is 5.88 Å². The number of hydrogen-bond acceptors (Lipinski definition) is 5. The number of benzene rings is 2. The first kappa shape index (κ1) is 18.1. The quantitative estimate of drug-likeness (QED) is 0.441. The van der Waals surface area contributed by atoms with E-state index in [9.17, 15) is 8.78 Å². The maximum absolute atomic E-state index is 13.7. The monoisotopic (exact) mass is 374 g/mol. The Hall–Kier alpha value is -2.67. The van der Waals surface area contributed by atoms with Gasteiger partial charge >= 0.3 is 0 Å². The van der Waals surface area contributed by atoms with Crippen LogP contribution >= 0.6 is 11.8 Å². The summed E-state index contributed by atoms with van der Waals surface area (Å²) < 4.78 is 38.4. The molecule has 3 rings (SSSR count). The first-order valence-electron chi connectivity index (χ1n) is 7.78. The zero-order valence-electron chi connectivity index (χ0n) is 14.2. The van der Waals surface area contributed by atoms with Gasteiger partial charge in [-0.1, -0.05) is 23.9 Å². The third kappa shape index (κ3) is 4.49. The molecular weight excluding hydrogens is 358 g/mol. The van der Waals surface area contributed by atoms with Crippen molar-refractivity contribution >= 4 is 11.8 Å². The van der Waals surface area contributed by atoms with Gasteiger partial charge in [-0.2, -0.15) is 4.98 Å². The van der Waals surface area contributed by atoms with Gasteiger partial charge in [-0.05, 0) is 31.2 Å². The molecule has 0 saturated carbocycles. The fraction of sp³-hybridized carbons (Fsp3) is 0.158. The van der Waals surface area contributed by atoms with Crippen LogP contribution in [0.4, 0.5) is 8.78 Å². The number of aromatic nitrogens is 2. The fourth-order valence-electron chi connectivity index (χ4n) is 2.22. The van der Waals surface area contributed by atoms with Crippen LogP contribution in [0.5, 0.6) is 17.4 Å². The molecule has 0 atom stereocenters. The number of aryl methyl sites for hydroxylation is 1. The molecule has 0 fully saturated rings. The van der Waals surface area contributed by atoms with E-state index >= 15 is 0 Å². The molecule has 1 heterocycles. The van der Waals surface area contributed by atoms with Crippen LogP contribution < -0.4 is 9.47 Å². The number of ether oxygens (including phenoxy) is 2. The lowest BCUT2D eigenvalue weighted by Gasteiger charge is -2.09. The smallest absolute Gasteiger partial charge is 0.223 e. The molecule has 2 aromatic carbocycles. The number of rotatable bonds is 6. The maximum atomic E-state index is 13.7. The summed E-state index contributed by atoms with van der Waals surface area (Å²) in [4.78, 5) is 8.59. The van der Waals surface area contributed by atoms with E-state index < -0.39 is 11.6 Å². The van der Waals surface area contributed by atoms with Crippen LogP contribution in [0, 0.1) is 18.6 Å². The van der Waals surface area contributed by atoms with Crippen LogP contribution in [0.1, 0.15) is 11.3 Å². The van der Waals surface area contributed by atoms with E-state index in [1.807, 2.05) is 6.07 Å². The highest BCUT2D eigenvalue weighted by atomic mass is 32.2. The standard InChI is InChI=1S/C19H16F2N2O2S/c1-12-9-18(25-14-6-3-5-13(10-14)24-2)23-19(22-12)26-11-15-16(20)7-4-8-17(15)21/h3-10H,11H2,1-2H3. The van der Waals surface area contributed by atoms with Crippen LogP contribution in [0.25, 0.3) is 0 Å². The Morgan fingerprint density at radius 2 is 1.65 bits per heavy atom. The average Bonchev–Trinajstić information content (AvgIpc) is 2.61. The summed E-state index contributed by atoms with van der Waals surface area (Å²) in [5.41, 5.74) is 0.687. The Bertz CT molecular complexity index is 902. The van der Waals surface area contributed by atoms with Crippen molar-refractivity contribution < 1.29 is 18.3 Å². The SMILES string of the molecule is COc1cccc(Oc2cc(C)nc(SCc3c(F)cccc3F)n2)c1. The van der Waals surface area contributed by atoms with Crippen molar-refractivity contribution in [3.63, 3.8) is 0 Å². The Kier molecular flexibility index (Phi) is 5.68. The van der Waals surface area contributed by atoms with Crippen molar-refractivity contribution in [2.45, 2.75) is 17.8 Å². The molecule has 4 nitrogen and oxygen atoms in total. The van der Waals surface area contributed by atoms with Crippen LogP contribution in [0.15, 0.2) is 53.7 Å². The lowest BCUT2D eigenvalue weighted by Crippen LogP contribution is -1.97. The zero-order valence-corrected chi connectivity index (χ0v) is 15.0. The molecule has 1 aromatic heterocycles. The summed E-state index contributed by atoms with van der Waals surface area (Å²) in [6.45, 7) is 1.80. The molecule has 0 spiro atoms. The first-order chi connectivity index (χ1) is 12.5. The van der Waals surface area contributed by atoms with E-state index in [1.54, 1.807) is 38.3 Å². The number of nitrogens with zero attached hydrogens (tertiary/aromatic N) is 2. The van der Waals surface area contributed by atoms with Crippen molar-refractivity contribution in [1.82, 2.24) is 9.97 Å². The fourth-order valence-corrected chi connectivity index (χ4v) is 3.13. The molecule has 0 amide bonds. The second-order valence-electron chi connectivity index (χ2n) is 5.40. The third-order valence-electron chi connectivity index (χ3n) is 3.48. The van der Waals surface area contributed by atoms with Crippen molar-refractivity contribution in [3.8, 4) is 17.4 Å². The maximum Gasteiger partial charge on any atom is 0.223 e. The van der Waals surface area contributed by atoms with Gasteiger partial charge in [0, 0.05) is 29.1 Å². The van der Waals surface area contributed by atoms with Crippen molar-refractivity contribution in [3.05, 3.63) is 71.4 Å². The molecule has 134 valence electrons. The van der Waals surface area contributed by atoms with Gasteiger partial charge in [-0.25, -0.2) is 13.8 Å². The largest absolute Gasteiger partial charge is 0.497 e. The van der Waals surface area contributed by atoms with Crippen molar-refractivity contribution in [2.24, 2.45) is 0 Å². The molecule has 0 aliphatic rings. The summed E-state index contributed by atoms with van der Waals surface area (Å²) in [5, 5.41) is 0.380. The first-order valence-corrected chi connectivity index (χ1v) is 8.77. The Morgan fingerprint density at radius 1 is 0.962 bits per heavy atom. The Balaban J connectivity index is 1.77. The summed E-state index contributed by atoms with van der Waals surface area (Å²) in [6, 6.07) is 12.6. The van der Waals surface area contributed by atoms with Crippen molar-refractivity contribution in [2.75, 3.05) is 7.11 Å². The highest BCUT2D eigenvalue weighted by Gasteiger charge is 2.11. The van der Waals surface area contributed by atoms with Crippen LogP contribution in [-0.2, 0) is 5.75 Å². The molecule has 7 heteroatoms. The summed E-state index contributed by atoms with van der Waals surface area (Å²) in [5.74, 6) is 0.496. The molecule has 0 bridgehead atoms. The number of thioether (sulfide) groups is 1. The predicted octanol–water partition coefficient (Wildman–Crippen LogP) is 5.16. The highest BCUT2D eigenvalue weighted by molar-refractivity contribution is 7.98. The summed E-state index contributed by atoms with van der Waals surface area (Å²) >= 11 is 1.14. The lowest BCUT2D eigenvalue weighted by atomic mass is 10.2. The molecule has 0 radical (unpaired) electrons. The van der Waals surface area contributed by atoms with Crippen LogP contribution in [0.2, 0.25) is 0 Å². The van der Waals surface area contributed by atoms with Crippen molar-refractivity contribution in [1.29, 1.82) is 0 Å². The third-order valence-corrected chi connectivity index (χ3v) is 4.35. The van der Waals surface area contributed by atoms with Gasteiger partial charge in [-0.15, -0.1) is 0 Å². The number of methoxy groups -OCH3 is 1. The normalized spacial score (nSPS) is 10.6. The van der Waals surface area contributed by atoms with E-state index in [2.05, 4.69) is 9.97 Å². The lowest BCUT2D eigenvalue weighted by molar-refractivity contribution is 0.406. The van der Waals surface area contributed by atoms with E-state index in [4.69, 9.17) is 9.47 Å². The Labute approximate surface area is 154 Å². The van der Waals surface area contributed by atoms with Crippen LogP contribution in [0.3, 0.4) is 0 Å². The highest BCUT2D eigenvalue weighted by Crippen LogP contribution is 2.28. The van der Waals surface area contributed by atoms with Gasteiger partial charge in [0.1, 0.15) is 23.1 Å². The van der Waals surface area contributed by atoms with Gasteiger partial charge in [0.25, 0.3) is 0 Å². The van der Waals surface area contributed by atoms with E-state index in [1.165, 1.54) is 18.2 Å². The van der Waals surface area contributed by atoms with Gasteiger partial charge < -0.3 is 9.47 Å². The second-order valence-corrected chi connectivity index (χ2v) is 6.34. The minimum Gasteiger partial charge on any atom is -0.497 e. The topological polar surface area (TPSA) is 44.2 Å². The summed E-state index contributed by atoms with van der Waals surface area (Å²) in [7, 11) is 1.57. The molecule has 3 aromatic rings. The molecule has 0 N–H and O–H groups in total. The average molecular weight is 374 g/mol. The molecule has 0 aliphatic carbocycles. The molecule has 26 heavy (non-hydrogen) atoms. The number of hydrogen-bond donors (Lipinski definition) is 0. The predicted molar refractivity (Wildman–Crippen MR) is 95.8 cm³/mol. The van der Waals surface area contributed by atoms with E-state index in [0.717, 1.165) is 11.8 Å². The van der Waals surface area contributed by atoms with Gasteiger partial charge in [-0.3, -0.25) is 0 Å². The molecule has 0 unspecified atom stereocenters. The molecular formula is C19H16F2N2O2S. The minimum atomic E-state index is -0.585. The molecule has 0 aliphatic heterocycles. The molecule has 0 saturated heterocycles. The minimum absolute atomic E-state index is 0.00197. The number of halogens is 2. The van der Waals surface area contributed by atoms with E-state index in [0.29, 0.717) is 28.2 Å². The second kappa shape index (κ2) is 8.14. The van der Waals surface area contributed by atoms with Gasteiger partial charge in [0.15, 0.2) is 5.16 Å².